The molecule has 1 aromatic heterocycles. The van der Waals surface area contributed by atoms with Crippen LogP contribution in [0.2, 0.25) is 5.02 Å². The van der Waals surface area contributed by atoms with Crippen molar-refractivity contribution >= 4 is 40.0 Å². The maximum atomic E-state index is 13.7. The molecule has 0 spiro atoms. The summed E-state index contributed by atoms with van der Waals surface area (Å²) >= 11 is 5.95. The fourth-order valence-electron chi connectivity index (χ4n) is 4.30. The van der Waals surface area contributed by atoms with Crippen molar-refractivity contribution in [2.45, 2.75) is 38.9 Å². The van der Waals surface area contributed by atoms with E-state index in [9.17, 15) is 14.3 Å². The summed E-state index contributed by atoms with van der Waals surface area (Å²) in [5.41, 5.74) is 0.143. The van der Waals surface area contributed by atoms with Gasteiger partial charge in [-0.3, -0.25) is 9.69 Å². The Kier molecular flexibility index (Phi) is 9.96. The highest BCUT2D eigenvalue weighted by Gasteiger charge is 2.23. The summed E-state index contributed by atoms with van der Waals surface area (Å²) in [6, 6.07) is 7.86. The summed E-state index contributed by atoms with van der Waals surface area (Å²) < 4.78 is 36.6. The highest BCUT2D eigenvalue weighted by atomic mass is 35.5. The molecule has 2 aromatic carbocycles. The normalized spacial score (nSPS) is 15.4. The van der Waals surface area contributed by atoms with Gasteiger partial charge in [-0.2, -0.15) is 0 Å². The topological polar surface area (TPSA) is 115 Å². The van der Waals surface area contributed by atoms with E-state index in [1.807, 2.05) is 0 Å². The first-order valence-electron chi connectivity index (χ1n) is 13.1. The molecule has 1 fully saturated rings. The van der Waals surface area contributed by atoms with Gasteiger partial charge in [0.15, 0.2) is 11.5 Å². The van der Waals surface area contributed by atoms with E-state index in [2.05, 4.69) is 15.3 Å². The Labute approximate surface area is 237 Å². The first-order chi connectivity index (χ1) is 19.1. The molecule has 0 bridgehead atoms. The fourth-order valence-corrected chi connectivity index (χ4v) is 4.48. The van der Waals surface area contributed by atoms with Gasteiger partial charge in [0.1, 0.15) is 30.7 Å². The number of esters is 1. The number of aromatic nitrogens is 2. The van der Waals surface area contributed by atoms with Crippen molar-refractivity contribution in [3.05, 3.63) is 47.5 Å². The second-order valence-electron chi connectivity index (χ2n) is 10.1. The molecule has 1 aliphatic heterocycles. The zero-order chi connectivity index (χ0) is 28.7. The summed E-state index contributed by atoms with van der Waals surface area (Å²) in [6.07, 6.45) is 2.04. The van der Waals surface area contributed by atoms with Gasteiger partial charge in [-0.1, -0.05) is 11.6 Å². The van der Waals surface area contributed by atoms with Gasteiger partial charge in [0.05, 0.1) is 42.5 Å². The molecule has 4 rings (SSSR count). The number of fused-ring (bicyclic) bond motifs is 1. The van der Waals surface area contributed by atoms with Gasteiger partial charge >= 0.3 is 5.97 Å². The molecule has 0 saturated carbocycles. The van der Waals surface area contributed by atoms with Gasteiger partial charge in [0.25, 0.3) is 0 Å². The molecule has 1 atom stereocenters. The minimum absolute atomic E-state index is 0.0136. The third kappa shape index (κ3) is 8.37. The fraction of sp³-hybridized carbons (Fsp3) is 0.464. The van der Waals surface area contributed by atoms with Gasteiger partial charge in [0.2, 0.25) is 0 Å². The average Bonchev–Trinajstić information content (AvgIpc) is 3.39. The molecule has 3 aromatic rings. The van der Waals surface area contributed by atoms with Crippen LogP contribution >= 0.6 is 11.6 Å². The van der Waals surface area contributed by atoms with E-state index in [0.29, 0.717) is 53.7 Å². The van der Waals surface area contributed by atoms with E-state index >= 15 is 0 Å². The Morgan fingerprint density at radius 2 is 2.10 bits per heavy atom. The van der Waals surface area contributed by atoms with Crippen LogP contribution in [0.5, 0.6) is 11.5 Å². The Morgan fingerprint density at radius 3 is 2.80 bits per heavy atom. The van der Waals surface area contributed by atoms with Gasteiger partial charge in [-0.25, -0.2) is 14.4 Å². The lowest BCUT2D eigenvalue weighted by Gasteiger charge is -2.28. The maximum Gasteiger partial charge on any atom is 0.320 e. The number of nitrogens with zero attached hydrogens (tertiary/aromatic N) is 3. The quantitative estimate of drug-likeness (QED) is 0.285. The van der Waals surface area contributed by atoms with E-state index < -0.39 is 11.4 Å². The number of aliphatic hydroxyl groups is 1. The molecule has 0 amide bonds. The first kappa shape index (κ1) is 29.7. The highest BCUT2D eigenvalue weighted by Crippen LogP contribution is 2.36. The number of halogens is 2. The second-order valence-corrected chi connectivity index (χ2v) is 10.5. The van der Waals surface area contributed by atoms with Crippen LogP contribution in [0.4, 0.5) is 15.9 Å². The minimum Gasteiger partial charge on any atom is -0.488 e. The second kappa shape index (κ2) is 13.4. The lowest BCUT2D eigenvalue weighted by molar-refractivity contribution is -0.145. The van der Waals surface area contributed by atoms with E-state index in [1.54, 1.807) is 43.9 Å². The standard InChI is InChI=1S/C28H34ClFN4O6/c1-4-38-26(35)14-34(16-28(2,3)36)8-10-39-24-12-20-23(13-25(24)40-19-7-9-37-15-19)31-17-32-27(20)33-18-5-6-22(30)21(29)11-18/h5-6,11-13,17,19,36H,4,7-10,14-16H2,1-3H3,(H,31,32,33)/t19-/m1/s1. The number of ether oxygens (including phenoxy) is 4. The van der Waals surface area contributed by atoms with Gasteiger partial charge in [0, 0.05) is 36.7 Å². The van der Waals surface area contributed by atoms with Crippen molar-refractivity contribution in [2.75, 3.05) is 51.4 Å². The number of rotatable bonds is 13. The summed E-state index contributed by atoms with van der Waals surface area (Å²) in [5.74, 6) is 0.524. The molecule has 40 heavy (non-hydrogen) atoms. The number of benzene rings is 2. The molecule has 2 N–H and O–H groups in total. The van der Waals surface area contributed by atoms with Crippen molar-refractivity contribution < 1.29 is 33.2 Å². The molecule has 1 saturated heterocycles. The Hall–Kier alpha value is -3.25. The van der Waals surface area contributed by atoms with E-state index in [0.717, 1.165) is 6.42 Å². The summed E-state index contributed by atoms with van der Waals surface area (Å²) in [5, 5.41) is 14.1. The number of nitrogens with one attached hydrogen (secondary N) is 1. The van der Waals surface area contributed by atoms with E-state index in [1.165, 1.54) is 18.5 Å². The molecular weight excluding hydrogens is 543 g/mol. The van der Waals surface area contributed by atoms with Crippen LogP contribution in [0.3, 0.4) is 0 Å². The summed E-state index contributed by atoms with van der Waals surface area (Å²) in [6.45, 7) is 7.26. The first-order valence-corrected chi connectivity index (χ1v) is 13.5. The Morgan fingerprint density at radius 1 is 1.27 bits per heavy atom. The van der Waals surface area contributed by atoms with Crippen LogP contribution in [-0.4, -0.2) is 83.7 Å². The van der Waals surface area contributed by atoms with E-state index in [-0.39, 0.29) is 43.4 Å². The zero-order valence-electron chi connectivity index (χ0n) is 22.8. The smallest absolute Gasteiger partial charge is 0.320 e. The van der Waals surface area contributed by atoms with Gasteiger partial charge in [-0.15, -0.1) is 0 Å². The van der Waals surface area contributed by atoms with Gasteiger partial charge in [-0.05, 0) is 45.0 Å². The molecule has 0 radical (unpaired) electrons. The van der Waals surface area contributed by atoms with Gasteiger partial charge < -0.3 is 29.4 Å². The van der Waals surface area contributed by atoms with Crippen LogP contribution in [-0.2, 0) is 14.3 Å². The number of anilines is 2. The molecule has 216 valence electrons. The third-order valence-electron chi connectivity index (χ3n) is 6.00. The van der Waals surface area contributed by atoms with Crippen LogP contribution in [0.25, 0.3) is 10.9 Å². The van der Waals surface area contributed by atoms with Crippen LogP contribution < -0.4 is 14.8 Å². The largest absolute Gasteiger partial charge is 0.488 e. The number of hydrogen-bond acceptors (Lipinski definition) is 10. The average molecular weight is 577 g/mol. The predicted octanol–water partition coefficient (Wildman–Crippen LogP) is 4.35. The zero-order valence-corrected chi connectivity index (χ0v) is 23.5. The Balaban J connectivity index is 1.59. The van der Waals surface area contributed by atoms with Crippen molar-refractivity contribution in [2.24, 2.45) is 0 Å². The Bertz CT molecular complexity index is 1320. The maximum absolute atomic E-state index is 13.7. The summed E-state index contributed by atoms with van der Waals surface area (Å²) in [7, 11) is 0. The molecule has 0 unspecified atom stereocenters. The van der Waals surface area contributed by atoms with Crippen molar-refractivity contribution in [1.82, 2.24) is 14.9 Å². The van der Waals surface area contributed by atoms with E-state index in [4.69, 9.17) is 30.5 Å². The van der Waals surface area contributed by atoms with Crippen LogP contribution in [0.15, 0.2) is 36.7 Å². The molecule has 2 heterocycles. The number of carbonyl (C=O) groups is 1. The van der Waals surface area contributed by atoms with Crippen molar-refractivity contribution in [1.29, 1.82) is 0 Å². The number of hydrogen-bond donors (Lipinski definition) is 2. The lowest BCUT2D eigenvalue weighted by Crippen LogP contribution is -2.43. The molecule has 10 nitrogen and oxygen atoms in total. The molecule has 1 aliphatic rings. The van der Waals surface area contributed by atoms with Crippen molar-refractivity contribution in [3.63, 3.8) is 0 Å². The molecule has 0 aliphatic carbocycles. The number of carbonyl (C=O) groups excluding carboxylic acids is 1. The molecular formula is C28H34ClFN4O6. The summed E-state index contributed by atoms with van der Waals surface area (Å²) in [4.78, 5) is 22.7. The monoisotopic (exact) mass is 576 g/mol. The van der Waals surface area contributed by atoms with Crippen LogP contribution in [0, 0.1) is 5.82 Å². The third-order valence-corrected chi connectivity index (χ3v) is 6.29. The highest BCUT2D eigenvalue weighted by molar-refractivity contribution is 6.31. The SMILES string of the molecule is CCOC(=O)CN(CCOc1cc2c(Nc3ccc(F)c(Cl)c3)ncnc2cc1O[C@@H]1CCOC1)CC(C)(C)O. The lowest BCUT2D eigenvalue weighted by atomic mass is 10.1. The predicted molar refractivity (Wildman–Crippen MR) is 149 cm³/mol. The minimum atomic E-state index is -1.02. The van der Waals surface area contributed by atoms with Crippen LogP contribution in [0.1, 0.15) is 27.2 Å². The molecule has 12 heteroatoms. The van der Waals surface area contributed by atoms with Crippen molar-refractivity contribution in [3.8, 4) is 11.5 Å².